The minimum Gasteiger partial charge on any atom is -0.463 e. The van der Waals surface area contributed by atoms with Crippen LogP contribution in [0.1, 0.15) is 47.0 Å². The van der Waals surface area contributed by atoms with Crippen molar-refractivity contribution in [1.29, 1.82) is 0 Å². The summed E-state index contributed by atoms with van der Waals surface area (Å²) in [5.74, 6) is -0.524. The Labute approximate surface area is 159 Å². The average Bonchev–Trinajstić information content (AvgIpc) is 2.53. The van der Waals surface area contributed by atoms with Gasteiger partial charge in [-0.1, -0.05) is 13.8 Å². The van der Waals surface area contributed by atoms with Crippen molar-refractivity contribution in [1.82, 2.24) is 5.32 Å². The van der Waals surface area contributed by atoms with Crippen LogP contribution in [0.15, 0.2) is 11.6 Å². The maximum absolute atomic E-state index is 12.0. The molecule has 0 saturated carbocycles. The molecule has 0 fully saturated rings. The van der Waals surface area contributed by atoms with Crippen molar-refractivity contribution in [2.24, 2.45) is 5.73 Å². The van der Waals surface area contributed by atoms with Gasteiger partial charge >= 0.3 is 13.8 Å². The van der Waals surface area contributed by atoms with E-state index in [1.54, 1.807) is 13.0 Å². The van der Waals surface area contributed by atoms with Gasteiger partial charge in [-0.05, 0) is 32.3 Å². The number of phosphoric acid groups is 1. The van der Waals surface area contributed by atoms with E-state index < -0.39 is 13.9 Å². The van der Waals surface area contributed by atoms with Gasteiger partial charge in [0.1, 0.15) is 0 Å². The van der Waals surface area contributed by atoms with Gasteiger partial charge in [0.15, 0.2) is 0 Å². The minimum absolute atomic E-state index is 0.0613. The van der Waals surface area contributed by atoms with Crippen molar-refractivity contribution in [2.45, 2.75) is 71.2 Å². The van der Waals surface area contributed by atoms with Crippen LogP contribution in [0.4, 0.5) is 0 Å². The maximum atomic E-state index is 12.0. The number of hydrogen-bond acceptors (Lipinski definition) is 6. The summed E-state index contributed by atoms with van der Waals surface area (Å²) in [5, 5.41) is 2.84. The molecule has 0 heterocycles. The number of nitrogens with one attached hydrogen (secondary N) is 1. The maximum Gasteiger partial charge on any atom is 0.466 e. The first-order valence-electron chi connectivity index (χ1n) is 8.77. The van der Waals surface area contributed by atoms with Crippen LogP contribution in [-0.2, 0) is 23.6 Å². The second kappa shape index (κ2) is 12.2. The third-order valence-corrected chi connectivity index (χ3v) is 3.80. The topological polar surface area (TPSA) is 168 Å². The van der Waals surface area contributed by atoms with Gasteiger partial charge in [0.25, 0.3) is 0 Å². The zero-order valence-corrected chi connectivity index (χ0v) is 17.0. The number of ether oxygens (including phenoxy) is 2. The van der Waals surface area contributed by atoms with E-state index in [1.165, 1.54) is 6.92 Å². The first kappa shape index (κ1) is 25.7. The van der Waals surface area contributed by atoms with Gasteiger partial charge in [0.2, 0.25) is 5.91 Å². The molecule has 1 aliphatic carbocycles. The normalized spacial score (nSPS) is 22.4. The van der Waals surface area contributed by atoms with Crippen molar-refractivity contribution in [3.05, 3.63) is 11.6 Å². The minimum atomic E-state index is -4.64. The second-order valence-corrected chi connectivity index (χ2v) is 7.09. The van der Waals surface area contributed by atoms with Crippen LogP contribution >= 0.6 is 7.82 Å². The van der Waals surface area contributed by atoms with Gasteiger partial charge in [0, 0.05) is 18.5 Å². The molecule has 3 atom stereocenters. The zero-order valence-electron chi connectivity index (χ0n) is 16.1. The molecule has 1 amide bonds. The van der Waals surface area contributed by atoms with E-state index in [2.05, 4.69) is 5.32 Å². The van der Waals surface area contributed by atoms with Crippen molar-refractivity contribution in [3.8, 4) is 0 Å². The Morgan fingerprint density at radius 1 is 1.30 bits per heavy atom. The highest BCUT2D eigenvalue weighted by Gasteiger charge is 2.35. The fraction of sp³-hybridized carbons (Fsp3) is 0.750. The summed E-state index contributed by atoms with van der Waals surface area (Å²) in [6.07, 6.45) is 3.48. The van der Waals surface area contributed by atoms with E-state index in [0.717, 1.165) is 12.8 Å². The lowest BCUT2D eigenvalue weighted by atomic mass is 9.88. The van der Waals surface area contributed by atoms with Crippen molar-refractivity contribution in [3.63, 3.8) is 0 Å². The van der Waals surface area contributed by atoms with E-state index in [1.807, 2.05) is 13.8 Å². The van der Waals surface area contributed by atoms with E-state index in [0.29, 0.717) is 18.6 Å². The fourth-order valence-corrected chi connectivity index (χ4v) is 2.62. The number of carbonyl (C=O) groups excluding carboxylic acids is 2. The van der Waals surface area contributed by atoms with Gasteiger partial charge in [-0.3, -0.25) is 4.79 Å². The molecule has 0 aromatic rings. The molecule has 10 nitrogen and oxygen atoms in total. The summed E-state index contributed by atoms with van der Waals surface area (Å²) >= 11 is 0. The molecule has 0 radical (unpaired) electrons. The highest BCUT2D eigenvalue weighted by Crippen LogP contribution is 2.26. The highest BCUT2D eigenvalue weighted by molar-refractivity contribution is 7.45. The molecule has 0 aromatic carbocycles. The molecule has 11 heteroatoms. The lowest BCUT2D eigenvalue weighted by Gasteiger charge is -2.36. The number of amides is 1. The van der Waals surface area contributed by atoms with Gasteiger partial charge in [-0.25, -0.2) is 9.36 Å². The highest BCUT2D eigenvalue weighted by atomic mass is 31.2. The molecule has 0 saturated heterocycles. The van der Waals surface area contributed by atoms with Crippen LogP contribution in [0.25, 0.3) is 0 Å². The number of hydrogen-bond donors (Lipinski definition) is 5. The van der Waals surface area contributed by atoms with E-state index in [4.69, 9.17) is 34.5 Å². The van der Waals surface area contributed by atoms with Gasteiger partial charge in [0.05, 0.1) is 24.9 Å². The molecule has 0 aliphatic heterocycles. The largest absolute Gasteiger partial charge is 0.466 e. The lowest BCUT2D eigenvalue weighted by molar-refractivity contribution is -0.139. The molecular weight excluding hydrogens is 379 g/mol. The molecule has 1 rings (SSSR count). The Balaban J connectivity index is 0.00000119. The first-order valence-corrected chi connectivity index (χ1v) is 10.3. The Kier molecular flexibility index (Phi) is 11.6. The van der Waals surface area contributed by atoms with Gasteiger partial charge in [-0.2, -0.15) is 0 Å². The summed E-state index contributed by atoms with van der Waals surface area (Å²) in [6, 6.07) is -0.719. The van der Waals surface area contributed by atoms with Crippen molar-refractivity contribution in [2.75, 3.05) is 6.61 Å². The number of esters is 1. The average molecular weight is 410 g/mol. The number of rotatable bonds is 7. The van der Waals surface area contributed by atoms with Crippen LogP contribution in [0.3, 0.4) is 0 Å². The monoisotopic (exact) mass is 410 g/mol. The summed E-state index contributed by atoms with van der Waals surface area (Å²) in [4.78, 5) is 44.9. The standard InChI is InChI=1S/C16H28N2O4.H3O4P/c1-5-12(6-2)22-14-9-11(16(20)21-7-3)8-13(17)15(14)18-10(4)19;1-5(2,3)4/h9,12-15H,5-8,17H2,1-4H3,(H,18,19);(H3,1,2,3,4)/t13-,14+,15+;/m1./s1. The molecule has 27 heavy (non-hydrogen) atoms. The number of nitrogens with two attached hydrogens (primary N) is 1. The van der Waals surface area contributed by atoms with Crippen LogP contribution in [-0.4, -0.2) is 57.5 Å². The van der Waals surface area contributed by atoms with Crippen molar-refractivity contribution < 1.29 is 38.3 Å². The molecule has 1 aliphatic rings. The smallest absolute Gasteiger partial charge is 0.463 e. The number of carbonyl (C=O) groups is 2. The summed E-state index contributed by atoms with van der Waals surface area (Å²) in [6.45, 7) is 7.62. The second-order valence-electron chi connectivity index (χ2n) is 6.06. The van der Waals surface area contributed by atoms with E-state index in [9.17, 15) is 9.59 Å². The quantitative estimate of drug-likeness (QED) is 0.294. The molecule has 0 spiro atoms. The van der Waals surface area contributed by atoms with Gasteiger partial charge < -0.3 is 35.2 Å². The predicted molar refractivity (Wildman–Crippen MR) is 98.4 cm³/mol. The Morgan fingerprint density at radius 3 is 2.22 bits per heavy atom. The summed E-state index contributed by atoms with van der Waals surface area (Å²) < 4.78 is 20.0. The Hall–Kier alpha value is -1.29. The third kappa shape index (κ3) is 11.2. The van der Waals surface area contributed by atoms with Crippen LogP contribution < -0.4 is 11.1 Å². The van der Waals surface area contributed by atoms with Crippen LogP contribution in [0, 0.1) is 0 Å². The molecule has 0 bridgehead atoms. The lowest BCUT2D eigenvalue weighted by Crippen LogP contribution is -2.57. The zero-order chi connectivity index (χ0) is 21.2. The third-order valence-electron chi connectivity index (χ3n) is 3.80. The summed E-state index contributed by atoms with van der Waals surface area (Å²) in [5.41, 5.74) is 6.68. The SMILES string of the molecule is CCOC(=O)C1=C[C@H](OC(CC)CC)[C@@H](NC(C)=O)[C@H](N)C1.O=P(O)(O)O. The molecule has 6 N–H and O–H groups in total. The Morgan fingerprint density at radius 2 is 1.81 bits per heavy atom. The van der Waals surface area contributed by atoms with Crippen LogP contribution in [0.2, 0.25) is 0 Å². The predicted octanol–water partition coefficient (Wildman–Crippen LogP) is 0.357. The fourth-order valence-electron chi connectivity index (χ4n) is 2.62. The molecule has 158 valence electrons. The van der Waals surface area contributed by atoms with Gasteiger partial charge in [-0.15, -0.1) is 0 Å². The van der Waals surface area contributed by atoms with Crippen molar-refractivity contribution >= 4 is 19.7 Å². The van der Waals surface area contributed by atoms with E-state index >= 15 is 0 Å². The molecular formula is C16H31N2O8P. The summed E-state index contributed by atoms with van der Waals surface area (Å²) in [7, 11) is -4.64. The van der Waals surface area contributed by atoms with Crippen LogP contribution in [0.5, 0.6) is 0 Å². The first-order chi connectivity index (χ1) is 12.4. The van der Waals surface area contributed by atoms with E-state index in [-0.39, 0.29) is 30.1 Å². The Bertz CT molecular complexity index is 550. The molecule has 0 unspecified atom stereocenters. The molecule has 0 aromatic heterocycles.